The second-order valence-electron chi connectivity index (χ2n) is 7.69. The van der Waals surface area contributed by atoms with Crippen LogP contribution in [0.4, 0.5) is 14.9 Å². The van der Waals surface area contributed by atoms with Crippen molar-refractivity contribution in [1.29, 1.82) is 0 Å². The van der Waals surface area contributed by atoms with E-state index in [0.29, 0.717) is 23.4 Å². The summed E-state index contributed by atoms with van der Waals surface area (Å²) in [5, 5.41) is 5.93. The number of carbonyl (C=O) groups is 3. The first kappa shape index (κ1) is 23.0. The van der Waals surface area contributed by atoms with Crippen LogP contribution in [0.3, 0.4) is 0 Å². The predicted octanol–water partition coefficient (Wildman–Crippen LogP) is 3.08. The molecule has 0 aromatic heterocycles. The highest BCUT2D eigenvalue weighted by molar-refractivity contribution is 7.99. The third kappa shape index (κ3) is 5.80. The molecule has 0 aliphatic carbocycles. The van der Waals surface area contributed by atoms with Crippen LogP contribution in [0.15, 0.2) is 60.7 Å². The number of amides is 2. The number of hydrogen-bond acceptors (Lipinski definition) is 6. The molecule has 7 nitrogen and oxygen atoms in total. The number of benzene rings is 2. The standard InChI is InChI=1S/C24H24FN3O4S/c25-20-12-17(6-7-19(20)22-14-26-10-11-33-22)28-15-18(32-24(28)31)13-27-23(30)9-8-21(29)16-4-2-1-3-5-16/h1-9,12,18,22,26H,10-11,13-15H2,(H,27,30)/t18-,22?/m0/s1. The summed E-state index contributed by atoms with van der Waals surface area (Å²) >= 11 is 1.71. The highest BCUT2D eigenvalue weighted by atomic mass is 32.2. The fourth-order valence-electron chi connectivity index (χ4n) is 3.67. The number of nitrogens with zero attached hydrogens (tertiary/aromatic N) is 1. The Morgan fingerprint density at radius 2 is 2.03 bits per heavy atom. The quantitative estimate of drug-likeness (QED) is 0.479. The molecule has 2 fully saturated rings. The molecule has 0 bridgehead atoms. The second-order valence-corrected chi connectivity index (χ2v) is 9.01. The fourth-order valence-corrected chi connectivity index (χ4v) is 4.83. The van der Waals surface area contributed by atoms with Gasteiger partial charge in [-0.25, -0.2) is 9.18 Å². The maximum atomic E-state index is 14.7. The van der Waals surface area contributed by atoms with Gasteiger partial charge in [0.05, 0.1) is 18.8 Å². The predicted molar refractivity (Wildman–Crippen MR) is 125 cm³/mol. The lowest BCUT2D eigenvalue weighted by Gasteiger charge is -2.24. The zero-order valence-corrected chi connectivity index (χ0v) is 18.6. The number of rotatable bonds is 7. The molecule has 2 heterocycles. The number of carbonyl (C=O) groups excluding carboxylic acids is 3. The van der Waals surface area contributed by atoms with Gasteiger partial charge in [0.25, 0.3) is 0 Å². The Hall–Kier alpha value is -3.17. The summed E-state index contributed by atoms with van der Waals surface area (Å²) in [6, 6.07) is 13.4. The number of cyclic esters (lactones) is 1. The van der Waals surface area contributed by atoms with E-state index in [4.69, 9.17) is 4.74 Å². The smallest absolute Gasteiger partial charge is 0.414 e. The molecule has 2 atom stereocenters. The third-order valence-electron chi connectivity index (χ3n) is 5.39. The van der Waals surface area contributed by atoms with Crippen molar-refractivity contribution in [2.24, 2.45) is 0 Å². The van der Waals surface area contributed by atoms with Gasteiger partial charge in [-0.1, -0.05) is 36.4 Å². The lowest BCUT2D eigenvalue weighted by molar-refractivity contribution is -0.116. The van der Waals surface area contributed by atoms with Gasteiger partial charge in [0.15, 0.2) is 5.78 Å². The summed E-state index contributed by atoms with van der Waals surface area (Å²) in [5.74, 6) is -0.181. The molecule has 2 N–H and O–H groups in total. The zero-order valence-electron chi connectivity index (χ0n) is 17.8. The third-order valence-corrected chi connectivity index (χ3v) is 6.66. The molecule has 0 saturated carbocycles. The average Bonchev–Trinajstić information content (AvgIpc) is 3.22. The molecule has 172 valence electrons. The van der Waals surface area contributed by atoms with E-state index in [1.165, 1.54) is 17.0 Å². The van der Waals surface area contributed by atoms with Crippen LogP contribution in [-0.2, 0) is 9.53 Å². The van der Waals surface area contributed by atoms with E-state index in [0.717, 1.165) is 18.4 Å². The van der Waals surface area contributed by atoms with E-state index < -0.39 is 18.1 Å². The van der Waals surface area contributed by atoms with Gasteiger partial charge < -0.3 is 15.4 Å². The SMILES string of the molecule is O=C(C=CC(=O)c1ccccc1)NC[C@H]1CN(c2ccc(C3CNCCS3)c(F)c2)C(=O)O1. The maximum Gasteiger partial charge on any atom is 0.414 e. The van der Waals surface area contributed by atoms with Gasteiger partial charge in [0.1, 0.15) is 11.9 Å². The molecule has 1 unspecified atom stereocenters. The van der Waals surface area contributed by atoms with Gasteiger partial charge in [-0.2, -0.15) is 11.8 Å². The number of anilines is 1. The molecule has 2 aliphatic rings. The molecular weight excluding hydrogens is 445 g/mol. The number of halogens is 1. The van der Waals surface area contributed by atoms with E-state index in [9.17, 15) is 18.8 Å². The van der Waals surface area contributed by atoms with Crippen LogP contribution in [-0.4, -0.2) is 55.8 Å². The first-order valence-corrected chi connectivity index (χ1v) is 11.7. The van der Waals surface area contributed by atoms with Crippen molar-refractivity contribution in [3.05, 3.63) is 77.6 Å². The van der Waals surface area contributed by atoms with Crippen LogP contribution >= 0.6 is 11.8 Å². The molecule has 33 heavy (non-hydrogen) atoms. The summed E-state index contributed by atoms with van der Waals surface area (Å²) < 4.78 is 20.0. The highest BCUT2D eigenvalue weighted by Gasteiger charge is 2.33. The summed E-state index contributed by atoms with van der Waals surface area (Å²) in [6.45, 7) is 1.89. The number of ether oxygens (including phenoxy) is 1. The minimum atomic E-state index is -0.593. The molecule has 0 radical (unpaired) electrons. The van der Waals surface area contributed by atoms with E-state index in [2.05, 4.69) is 10.6 Å². The van der Waals surface area contributed by atoms with Crippen molar-refractivity contribution < 1.29 is 23.5 Å². The monoisotopic (exact) mass is 469 g/mol. The van der Waals surface area contributed by atoms with E-state index in [-0.39, 0.29) is 29.9 Å². The molecule has 2 saturated heterocycles. The van der Waals surface area contributed by atoms with Crippen molar-refractivity contribution in [1.82, 2.24) is 10.6 Å². The van der Waals surface area contributed by atoms with E-state index in [1.54, 1.807) is 54.2 Å². The summed E-state index contributed by atoms with van der Waals surface area (Å²) in [5.41, 5.74) is 1.51. The Labute approximate surface area is 195 Å². The number of ketones is 1. The topological polar surface area (TPSA) is 87.7 Å². The van der Waals surface area contributed by atoms with Gasteiger partial charge in [0, 0.05) is 41.3 Å². The van der Waals surface area contributed by atoms with Crippen molar-refractivity contribution in [3.63, 3.8) is 0 Å². The Morgan fingerprint density at radius 3 is 2.76 bits per heavy atom. The number of allylic oxidation sites excluding steroid dienone is 1. The normalized spacial score (nSPS) is 20.6. The zero-order chi connectivity index (χ0) is 23.2. The Balaban J connectivity index is 1.30. The number of thioether (sulfide) groups is 1. The minimum absolute atomic E-state index is 0.0446. The Kier molecular flexibility index (Phi) is 7.41. The summed E-state index contributed by atoms with van der Waals surface area (Å²) in [6.07, 6.45) is 1.17. The lowest BCUT2D eigenvalue weighted by Crippen LogP contribution is -2.33. The average molecular weight is 470 g/mol. The first-order chi connectivity index (χ1) is 16.0. The van der Waals surface area contributed by atoms with Crippen molar-refractivity contribution in [2.45, 2.75) is 11.4 Å². The molecular formula is C24H24FN3O4S. The minimum Gasteiger partial charge on any atom is -0.442 e. The van der Waals surface area contributed by atoms with E-state index >= 15 is 0 Å². The molecule has 2 aliphatic heterocycles. The molecule has 9 heteroatoms. The van der Waals surface area contributed by atoms with Crippen LogP contribution in [0, 0.1) is 5.82 Å². The fraction of sp³-hybridized carbons (Fsp3) is 0.292. The van der Waals surface area contributed by atoms with Crippen molar-refractivity contribution >= 4 is 35.2 Å². The molecule has 2 amide bonds. The second kappa shape index (κ2) is 10.6. The Bertz CT molecular complexity index is 1060. The lowest BCUT2D eigenvalue weighted by atomic mass is 10.1. The van der Waals surface area contributed by atoms with Gasteiger partial charge in [-0.3, -0.25) is 14.5 Å². The van der Waals surface area contributed by atoms with Crippen LogP contribution < -0.4 is 15.5 Å². The summed E-state index contributed by atoms with van der Waals surface area (Å²) in [4.78, 5) is 37.7. The van der Waals surface area contributed by atoms with Crippen LogP contribution in [0.2, 0.25) is 0 Å². The van der Waals surface area contributed by atoms with Gasteiger partial charge in [0.2, 0.25) is 5.91 Å². The first-order valence-electron chi connectivity index (χ1n) is 10.7. The number of hydrogen-bond donors (Lipinski definition) is 2. The molecule has 2 aromatic carbocycles. The van der Waals surface area contributed by atoms with Crippen LogP contribution in [0.25, 0.3) is 0 Å². The van der Waals surface area contributed by atoms with Crippen molar-refractivity contribution in [3.8, 4) is 0 Å². The van der Waals surface area contributed by atoms with Gasteiger partial charge >= 0.3 is 6.09 Å². The van der Waals surface area contributed by atoms with Gasteiger partial charge in [-0.15, -0.1) is 0 Å². The van der Waals surface area contributed by atoms with E-state index in [1.807, 2.05) is 0 Å². The molecule has 4 rings (SSSR count). The van der Waals surface area contributed by atoms with Gasteiger partial charge in [-0.05, 0) is 18.2 Å². The molecule has 2 aromatic rings. The van der Waals surface area contributed by atoms with Crippen LogP contribution in [0.1, 0.15) is 21.2 Å². The summed E-state index contributed by atoms with van der Waals surface area (Å²) in [7, 11) is 0. The van der Waals surface area contributed by atoms with Crippen LogP contribution in [0.5, 0.6) is 0 Å². The Morgan fingerprint density at radius 1 is 1.21 bits per heavy atom. The number of nitrogens with one attached hydrogen (secondary N) is 2. The highest BCUT2D eigenvalue weighted by Crippen LogP contribution is 2.34. The maximum absolute atomic E-state index is 14.7. The largest absolute Gasteiger partial charge is 0.442 e. The van der Waals surface area contributed by atoms with Crippen molar-refractivity contribution in [2.75, 3.05) is 36.8 Å². The molecule has 0 spiro atoms.